The molecular formula is C21H26ClNO. The van der Waals surface area contributed by atoms with E-state index in [4.69, 9.17) is 11.6 Å². The minimum Gasteiger partial charge on any atom is -0.335 e. The van der Waals surface area contributed by atoms with Crippen molar-refractivity contribution in [1.82, 2.24) is 4.90 Å². The molecule has 0 N–H and O–H groups in total. The molecule has 1 heterocycles. The first-order chi connectivity index (χ1) is 11.6. The molecule has 6 rings (SSSR count). The molecule has 5 fully saturated rings. The Morgan fingerprint density at radius 1 is 1.00 bits per heavy atom. The van der Waals surface area contributed by atoms with Gasteiger partial charge in [0, 0.05) is 11.6 Å². The van der Waals surface area contributed by atoms with Gasteiger partial charge in [0.1, 0.15) is 0 Å². The summed E-state index contributed by atoms with van der Waals surface area (Å²) in [5.41, 5.74) is 1.25. The maximum Gasteiger partial charge on any atom is 0.229 e. The highest BCUT2D eigenvalue weighted by Crippen LogP contribution is 2.61. The van der Waals surface area contributed by atoms with Crippen molar-refractivity contribution < 1.29 is 4.79 Å². The lowest BCUT2D eigenvalue weighted by molar-refractivity contribution is -0.158. The van der Waals surface area contributed by atoms with Crippen LogP contribution in [0.1, 0.15) is 63.0 Å². The van der Waals surface area contributed by atoms with Gasteiger partial charge in [-0.1, -0.05) is 23.7 Å². The third-order valence-corrected chi connectivity index (χ3v) is 7.51. The number of nitrogens with zero attached hydrogens (tertiary/aromatic N) is 1. The molecule has 4 bridgehead atoms. The summed E-state index contributed by atoms with van der Waals surface area (Å²) >= 11 is 6.05. The van der Waals surface area contributed by atoms with Crippen molar-refractivity contribution in [3.05, 3.63) is 34.9 Å². The monoisotopic (exact) mass is 343 g/mol. The van der Waals surface area contributed by atoms with Crippen LogP contribution in [0.4, 0.5) is 0 Å². The standard InChI is InChI=1S/C21H26ClNO/c22-18-5-3-17(4-6-18)19-2-1-7-23(19)20(24)21-11-14-8-15(12-21)10-16(9-14)13-21/h3-6,14-16,19H,1-2,7-13H2. The molecule has 1 saturated heterocycles. The van der Waals surface area contributed by atoms with Gasteiger partial charge in [-0.15, -0.1) is 0 Å². The molecule has 0 aromatic heterocycles. The lowest BCUT2D eigenvalue weighted by Gasteiger charge is -2.56. The van der Waals surface area contributed by atoms with Crippen LogP contribution < -0.4 is 0 Å². The number of halogens is 1. The number of carbonyl (C=O) groups excluding carboxylic acids is 1. The number of likely N-dealkylation sites (tertiary alicyclic amines) is 1. The second kappa shape index (κ2) is 5.49. The molecule has 1 unspecified atom stereocenters. The Morgan fingerprint density at radius 3 is 2.17 bits per heavy atom. The lowest BCUT2D eigenvalue weighted by atomic mass is 9.49. The number of hydrogen-bond donors (Lipinski definition) is 0. The van der Waals surface area contributed by atoms with E-state index < -0.39 is 0 Å². The average Bonchev–Trinajstić information content (AvgIpc) is 3.03. The predicted molar refractivity (Wildman–Crippen MR) is 95.7 cm³/mol. The van der Waals surface area contributed by atoms with E-state index in [1.165, 1.54) is 44.1 Å². The number of rotatable bonds is 2. The van der Waals surface area contributed by atoms with Crippen LogP contribution in [0.15, 0.2) is 24.3 Å². The highest BCUT2D eigenvalue weighted by Gasteiger charge is 2.56. The van der Waals surface area contributed by atoms with Gasteiger partial charge in [-0.3, -0.25) is 4.79 Å². The summed E-state index contributed by atoms with van der Waals surface area (Å²) in [6.07, 6.45) is 9.92. The fourth-order valence-corrected chi connectivity index (χ4v) is 6.84. The highest BCUT2D eigenvalue weighted by atomic mass is 35.5. The minimum absolute atomic E-state index is 0.0102. The second-order valence-electron chi connectivity index (χ2n) is 8.91. The molecule has 2 nitrogen and oxygen atoms in total. The Hall–Kier alpha value is -1.02. The first-order valence-electron chi connectivity index (χ1n) is 9.69. The zero-order valence-corrected chi connectivity index (χ0v) is 15.0. The maximum atomic E-state index is 13.6. The van der Waals surface area contributed by atoms with E-state index in [2.05, 4.69) is 17.0 Å². The normalized spacial score (nSPS) is 40.3. The van der Waals surface area contributed by atoms with E-state index in [1.54, 1.807) is 0 Å². The Kier molecular flexibility index (Phi) is 3.49. The van der Waals surface area contributed by atoms with Crippen molar-refractivity contribution in [2.24, 2.45) is 23.2 Å². The molecule has 0 spiro atoms. The van der Waals surface area contributed by atoms with Gasteiger partial charge in [0.2, 0.25) is 5.91 Å². The molecule has 0 radical (unpaired) electrons. The van der Waals surface area contributed by atoms with Crippen LogP contribution in [-0.2, 0) is 4.79 Å². The quantitative estimate of drug-likeness (QED) is 0.720. The van der Waals surface area contributed by atoms with E-state index in [0.717, 1.165) is 42.2 Å². The molecule has 1 amide bonds. The molecule has 128 valence electrons. The summed E-state index contributed by atoms with van der Waals surface area (Å²) in [7, 11) is 0. The van der Waals surface area contributed by atoms with Gasteiger partial charge in [-0.2, -0.15) is 0 Å². The molecule has 4 aliphatic carbocycles. The third-order valence-electron chi connectivity index (χ3n) is 7.26. The summed E-state index contributed by atoms with van der Waals surface area (Å²) < 4.78 is 0. The van der Waals surface area contributed by atoms with Crippen LogP contribution in [0, 0.1) is 23.2 Å². The molecule has 5 aliphatic rings. The minimum atomic E-state index is -0.0102. The van der Waals surface area contributed by atoms with Crippen molar-refractivity contribution in [2.75, 3.05) is 6.54 Å². The van der Waals surface area contributed by atoms with Crippen LogP contribution in [0.2, 0.25) is 5.02 Å². The largest absolute Gasteiger partial charge is 0.335 e. The maximum absolute atomic E-state index is 13.6. The zero-order chi connectivity index (χ0) is 16.3. The van der Waals surface area contributed by atoms with E-state index in [1.807, 2.05) is 12.1 Å². The summed E-state index contributed by atoms with van der Waals surface area (Å²) in [6.45, 7) is 0.938. The zero-order valence-electron chi connectivity index (χ0n) is 14.2. The molecule has 3 heteroatoms. The van der Waals surface area contributed by atoms with Crippen molar-refractivity contribution in [3.8, 4) is 0 Å². The molecular weight excluding hydrogens is 318 g/mol. The van der Waals surface area contributed by atoms with Crippen molar-refractivity contribution in [2.45, 2.75) is 57.4 Å². The highest BCUT2D eigenvalue weighted by molar-refractivity contribution is 6.30. The number of hydrogen-bond acceptors (Lipinski definition) is 1. The smallest absolute Gasteiger partial charge is 0.229 e. The van der Waals surface area contributed by atoms with Crippen molar-refractivity contribution >= 4 is 17.5 Å². The van der Waals surface area contributed by atoms with Gasteiger partial charge >= 0.3 is 0 Å². The van der Waals surface area contributed by atoms with E-state index in [-0.39, 0.29) is 11.5 Å². The van der Waals surface area contributed by atoms with Crippen molar-refractivity contribution in [1.29, 1.82) is 0 Å². The Labute approximate surface area is 149 Å². The molecule has 1 aromatic carbocycles. The Bertz CT molecular complexity index is 617. The van der Waals surface area contributed by atoms with E-state index in [0.29, 0.717) is 5.91 Å². The lowest BCUT2D eigenvalue weighted by Crippen LogP contribution is -2.54. The van der Waals surface area contributed by atoms with E-state index >= 15 is 0 Å². The summed E-state index contributed by atoms with van der Waals surface area (Å²) in [6, 6.07) is 8.41. The predicted octanol–water partition coefficient (Wildman–Crippen LogP) is 5.22. The molecule has 1 aromatic rings. The Morgan fingerprint density at radius 2 is 1.58 bits per heavy atom. The topological polar surface area (TPSA) is 20.3 Å². The summed E-state index contributed by atoms with van der Waals surface area (Å²) in [5, 5.41) is 0.774. The van der Waals surface area contributed by atoms with Gasteiger partial charge in [-0.25, -0.2) is 0 Å². The van der Waals surface area contributed by atoms with Crippen LogP contribution >= 0.6 is 11.6 Å². The number of carbonyl (C=O) groups is 1. The van der Waals surface area contributed by atoms with Gasteiger partial charge < -0.3 is 4.90 Å². The van der Waals surface area contributed by atoms with Crippen LogP contribution in [0.3, 0.4) is 0 Å². The summed E-state index contributed by atoms with van der Waals surface area (Å²) in [4.78, 5) is 15.9. The van der Waals surface area contributed by atoms with Crippen molar-refractivity contribution in [3.63, 3.8) is 0 Å². The van der Waals surface area contributed by atoms with Gasteiger partial charge in [0.15, 0.2) is 0 Å². The first kappa shape index (κ1) is 15.3. The van der Waals surface area contributed by atoms with Crippen LogP contribution in [0.5, 0.6) is 0 Å². The van der Waals surface area contributed by atoms with Crippen LogP contribution in [-0.4, -0.2) is 17.4 Å². The fraction of sp³-hybridized carbons (Fsp3) is 0.667. The molecule has 1 aliphatic heterocycles. The SMILES string of the molecule is O=C(N1CCCC1c1ccc(Cl)cc1)C12CC3CC(CC(C3)C1)C2. The van der Waals surface area contributed by atoms with Gasteiger partial charge in [-0.05, 0) is 86.8 Å². The summed E-state index contributed by atoms with van der Waals surface area (Å²) in [5.74, 6) is 2.98. The molecule has 24 heavy (non-hydrogen) atoms. The average molecular weight is 344 g/mol. The van der Waals surface area contributed by atoms with Gasteiger partial charge in [0.05, 0.1) is 11.5 Å². The fourth-order valence-electron chi connectivity index (χ4n) is 6.72. The van der Waals surface area contributed by atoms with Crippen LogP contribution in [0.25, 0.3) is 0 Å². The number of benzene rings is 1. The third kappa shape index (κ3) is 2.33. The second-order valence-corrected chi connectivity index (χ2v) is 9.34. The molecule has 1 atom stereocenters. The number of amides is 1. The van der Waals surface area contributed by atoms with Gasteiger partial charge in [0.25, 0.3) is 0 Å². The Balaban J connectivity index is 1.43. The van der Waals surface area contributed by atoms with E-state index in [9.17, 15) is 4.79 Å². The first-order valence-corrected chi connectivity index (χ1v) is 10.1. The molecule has 4 saturated carbocycles.